The van der Waals surface area contributed by atoms with E-state index in [0.717, 1.165) is 5.56 Å². The number of nitrogens with one attached hydrogen (secondary N) is 1. The van der Waals surface area contributed by atoms with Crippen LogP contribution in [0.3, 0.4) is 0 Å². The molecule has 0 aliphatic heterocycles. The van der Waals surface area contributed by atoms with Crippen LogP contribution >= 0.6 is 0 Å². The zero-order valence-electron chi connectivity index (χ0n) is 12.9. The average molecular weight is 301 g/mol. The van der Waals surface area contributed by atoms with E-state index in [-0.39, 0.29) is 18.1 Å². The molecule has 7 nitrogen and oxygen atoms in total. The highest BCUT2D eigenvalue weighted by atomic mass is 16.2. The third kappa shape index (κ3) is 3.69. The number of carbonyl (C=O) groups excluding carboxylic acids is 2. The maximum atomic E-state index is 12.1. The number of likely N-dealkylation sites (N-methyl/N-ethyl adjacent to an activating group) is 1. The zero-order chi connectivity index (χ0) is 16.1. The van der Waals surface area contributed by atoms with Crippen molar-refractivity contribution in [2.75, 3.05) is 20.6 Å². The molecule has 7 heteroatoms. The molecule has 0 bridgehead atoms. The van der Waals surface area contributed by atoms with Crippen molar-refractivity contribution in [2.24, 2.45) is 0 Å². The maximum absolute atomic E-state index is 12.1. The van der Waals surface area contributed by atoms with Crippen LogP contribution in [0.2, 0.25) is 0 Å². The molecule has 0 saturated carbocycles. The van der Waals surface area contributed by atoms with Gasteiger partial charge in [0.05, 0.1) is 18.8 Å². The first-order chi connectivity index (χ1) is 10.5. The van der Waals surface area contributed by atoms with Crippen LogP contribution in [0.4, 0.5) is 0 Å². The molecule has 2 rings (SSSR count). The van der Waals surface area contributed by atoms with Gasteiger partial charge >= 0.3 is 0 Å². The molecule has 22 heavy (non-hydrogen) atoms. The highest BCUT2D eigenvalue weighted by Crippen LogP contribution is 2.07. The van der Waals surface area contributed by atoms with E-state index in [1.165, 1.54) is 4.90 Å². The first-order valence-corrected chi connectivity index (χ1v) is 6.91. The lowest BCUT2D eigenvalue weighted by atomic mass is 10.2. The molecule has 0 spiro atoms. The Labute approximate surface area is 128 Å². The van der Waals surface area contributed by atoms with Crippen molar-refractivity contribution < 1.29 is 9.59 Å². The van der Waals surface area contributed by atoms with Crippen molar-refractivity contribution >= 4 is 11.8 Å². The van der Waals surface area contributed by atoms with Gasteiger partial charge in [-0.1, -0.05) is 35.5 Å². The Morgan fingerprint density at radius 1 is 1.23 bits per heavy atom. The van der Waals surface area contributed by atoms with Gasteiger partial charge in [-0.05, 0) is 12.5 Å². The number of benzene rings is 1. The topological polar surface area (TPSA) is 80.1 Å². The Morgan fingerprint density at radius 3 is 2.55 bits per heavy atom. The van der Waals surface area contributed by atoms with Gasteiger partial charge in [-0.3, -0.25) is 9.59 Å². The predicted molar refractivity (Wildman–Crippen MR) is 81.3 cm³/mol. The van der Waals surface area contributed by atoms with Crippen molar-refractivity contribution in [3.63, 3.8) is 0 Å². The Hall–Kier alpha value is -2.70. The van der Waals surface area contributed by atoms with Gasteiger partial charge in [0.25, 0.3) is 5.91 Å². The summed E-state index contributed by atoms with van der Waals surface area (Å²) in [6.45, 7) is 2.27. The molecular weight excluding hydrogens is 282 g/mol. The molecule has 0 saturated heterocycles. The van der Waals surface area contributed by atoms with Crippen molar-refractivity contribution in [3.8, 4) is 0 Å². The van der Waals surface area contributed by atoms with Crippen LogP contribution in [0.25, 0.3) is 0 Å². The summed E-state index contributed by atoms with van der Waals surface area (Å²) in [4.78, 5) is 25.0. The lowest BCUT2D eigenvalue weighted by Crippen LogP contribution is -2.36. The number of rotatable bonds is 5. The van der Waals surface area contributed by atoms with E-state index < -0.39 is 5.91 Å². The number of hydrogen-bond acceptors (Lipinski definition) is 4. The monoisotopic (exact) mass is 301 g/mol. The van der Waals surface area contributed by atoms with Crippen LogP contribution in [-0.2, 0) is 11.3 Å². The van der Waals surface area contributed by atoms with Gasteiger partial charge in [-0.25, -0.2) is 4.68 Å². The van der Waals surface area contributed by atoms with Crippen LogP contribution in [0.1, 0.15) is 21.7 Å². The molecule has 1 N–H and O–H groups in total. The van der Waals surface area contributed by atoms with E-state index in [9.17, 15) is 9.59 Å². The molecule has 0 fully saturated rings. The van der Waals surface area contributed by atoms with Crippen LogP contribution in [0, 0.1) is 6.92 Å². The molecule has 0 aliphatic rings. The van der Waals surface area contributed by atoms with Crippen molar-refractivity contribution in [2.45, 2.75) is 13.5 Å². The number of amides is 2. The fourth-order valence-corrected chi connectivity index (χ4v) is 1.87. The smallest absolute Gasteiger partial charge is 0.274 e. The van der Waals surface area contributed by atoms with Crippen LogP contribution < -0.4 is 5.32 Å². The molecule has 0 radical (unpaired) electrons. The molecule has 0 atom stereocenters. The first kappa shape index (κ1) is 15.7. The summed E-state index contributed by atoms with van der Waals surface area (Å²) in [5.41, 5.74) is 1.98. The second-order valence-corrected chi connectivity index (χ2v) is 5.14. The molecule has 2 aromatic rings. The van der Waals surface area contributed by atoms with Crippen molar-refractivity contribution in [3.05, 3.63) is 47.3 Å². The van der Waals surface area contributed by atoms with E-state index >= 15 is 0 Å². The number of carbonyl (C=O) groups is 2. The molecular formula is C15H19N5O2. The lowest BCUT2D eigenvalue weighted by Gasteiger charge is -2.10. The summed E-state index contributed by atoms with van der Waals surface area (Å²) >= 11 is 0. The lowest BCUT2D eigenvalue weighted by molar-refractivity contribution is -0.127. The van der Waals surface area contributed by atoms with Crippen molar-refractivity contribution in [1.29, 1.82) is 0 Å². The molecule has 2 amide bonds. The summed E-state index contributed by atoms with van der Waals surface area (Å²) in [6.07, 6.45) is 0. The predicted octanol–water partition coefficient (Wildman–Crippen LogP) is 0.453. The minimum atomic E-state index is -0.396. The van der Waals surface area contributed by atoms with E-state index in [4.69, 9.17) is 0 Å². The summed E-state index contributed by atoms with van der Waals surface area (Å²) < 4.78 is 1.66. The standard InChI is InChI=1S/C15H19N5O2/c1-11-14(15(22)16-9-13(21)19(2)3)17-18-20(11)10-12-7-5-4-6-8-12/h4-8H,9-10H2,1-3H3,(H,16,22). The van der Waals surface area contributed by atoms with Gasteiger partial charge in [-0.15, -0.1) is 5.10 Å². The zero-order valence-corrected chi connectivity index (χ0v) is 12.9. The van der Waals surface area contributed by atoms with Crippen LogP contribution in [0.15, 0.2) is 30.3 Å². The minimum Gasteiger partial charge on any atom is -0.347 e. The molecule has 0 aliphatic carbocycles. The third-order valence-electron chi connectivity index (χ3n) is 3.27. The second-order valence-electron chi connectivity index (χ2n) is 5.14. The fraction of sp³-hybridized carbons (Fsp3) is 0.333. The van der Waals surface area contributed by atoms with E-state index in [1.807, 2.05) is 30.3 Å². The Kier molecular flexibility index (Phi) is 4.88. The Balaban J connectivity index is 2.04. The van der Waals surface area contributed by atoms with E-state index in [1.54, 1.807) is 25.7 Å². The minimum absolute atomic E-state index is 0.0587. The van der Waals surface area contributed by atoms with Gasteiger partial charge in [-0.2, -0.15) is 0 Å². The van der Waals surface area contributed by atoms with E-state index in [2.05, 4.69) is 15.6 Å². The number of nitrogens with zero attached hydrogens (tertiary/aromatic N) is 4. The summed E-state index contributed by atoms with van der Waals surface area (Å²) in [5.74, 6) is -0.574. The SMILES string of the molecule is Cc1c(C(=O)NCC(=O)N(C)C)nnn1Cc1ccccc1. The summed E-state index contributed by atoms with van der Waals surface area (Å²) in [5, 5.41) is 10.5. The molecule has 116 valence electrons. The maximum Gasteiger partial charge on any atom is 0.274 e. The molecule has 1 aromatic heterocycles. The van der Waals surface area contributed by atoms with Gasteiger partial charge in [0.1, 0.15) is 0 Å². The largest absolute Gasteiger partial charge is 0.347 e. The normalized spacial score (nSPS) is 10.3. The first-order valence-electron chi connectivity index (χ1n) is 6.91. The summed E-state index contributed by atoms with van der Waals surface area (Å²) in [7, 11) is 3.27. The van der Waals surface area contributed by atoms with Gasteiger partial charge in [0.2, 0.25) is 5.91 Å². The van der Waals surface area contributed by atoms with Gasteiger partial charge in [0, 0.05) is 14.1 Å². The molecule has 1 aromatic carbocycles. The third-order valence-corrected chi connectivity index (χ3v) is 3.27. The van der Waals surface area contributed by atoms with Gasteiger partial charge < -0.3 is 10.2 Å². The second kappa shape index (κ2) is 6.84. The highest BCUT2D eigenvalue weighted by molar-refractivity contribution is 5.95. The Bertz CT molecular complexity index is 664. The van der Waals surface area contributed by atoms with Crippen LogP contribution in [-0.4, -0.2) is 52.3 Å². The van der Waals surface area contributed by atoms with Crippen LogP contribution in [0.5, 0.6) is 0 Å². The molecule has 0 unspecified atom stereocenters. The molecule has 1 heterocycles. The van der Waals surface area contributed by atoms with Crippen molar-refractivity contribution in [1.82, 2.24) is 25.2 Å². The van der Waals surface area contributed by atoms with E-state index in [0.29, 0.717) is 12.2 Å². The number of aromatic nitrogens is 3. The fourth-order valence-electron chi connectivity index (χ4n) is 1.87. The average Bonchev–Trinajstić information content (AvgIpc) is 2.86. The number of hydrogen-bond donors (Lipinski definition) is 1. The summed E-state index contributed by atoms with van der Waals surface area (Å²) in [6, 6.07) is 9.80. The van der Waals surface area contributed by atoms with Gasteiger partial charge in [0.15, 0.2) is 5.69 Å². The highest BCUT2D eigenvalue weighted by Gasteiger charge is 2.17. The Morgan fingerprint density at radius 2 is 1.91 bits per heavy atom. The quantitative estimate of drug-likeness (QED) is 0.869.